The highest BCUT2D eigenvalue weighted by molar-refractivity contribution is 5.76. The highest BCUT2D eigenvalue weighted by Gasteiger charge is 2.14. The molecule has 0 aliphatic carbocycles. The molecule has 1 rings (SSSR count). The Balaban J connectivity index is 2.41. The van der Waals surface area contributed by atoms with Gasteiger partial charge in [0.25, 0.3) is 0 Å². The lowest BCUT2D eigenvalue weighted by molar-refractivity contribution is -0.121. The van der Waals surface area contributed by atoms with Crippen molar-refractivity contribution in [3.05, 3.63) is 35.6 Å². The molecule has 0 spiro atoms. The average molecular weight is 268 g/mol. The Morgan fingerprint density at radius 2 is 2.05 bits per heavy atom. The quantitative estimate of drug-likeness (QED) is 0.701. The molecule has 0 aliphatic heterocycles. The number of halogens is 1. The van der Waals surface area contributed by atoms with Gasteiger partial charge in [-0.25, -0.2) is 4.39 Å². The predicted octanol–water partition coefficient (Wildman–Crippen LogP) is 1.49. The molecule has 4 nitrogen and oxygen atoms in total. The van der Waals surface area contributed by atoms with E-state index in [1.54, 1.807) is 12.1 Å². The van der Waals surface area contributed by atoms with E-state index >= 15 is 0 Å². The van der Waals surface area contributed by atoms with Gasteiger partial charge in [0.15, 0.2) is 0 Å². The normalized spacial score (nSPS) is 13.9. The highest BCUT2D eigenvalue weighted by Crippen LogP contribution is 2.18. The predicted molar refractivity (Wildman–Crippen MR) is 71.9 cm³/mol. The van der Waals surface area contributed by atoms with Crippen molar-refractivity contribution in [3.63, 3.8) is 0 Å². The first-order valence-electron chi connectivity index (χ1n) is 6.46. The second-order valence-electron chi connectivity index (χ2n) is 4.66. The zero-order chi connectivity index (χ0) is 14.3. The fraction of sp³-hybridized carbons (Fsp3) is 0.500. The molecule has 0 saturated heterocycles. The molecule has 1 aromatic rings. The monoisotopic (exact) mass is 268 g/mol. The molecule has 0 radical (unpaired) electrons. The van der Waals surface area contributed by atoms with Crippen LogP contribution in [0.5, 0.6) is 0 Å². The summed E-state index contributed by atoms with van der Waals surface area (Å²) in [6.07, 6.45) is 0.720. The summed E-state index contributed by atoms with van der Waals surface area (Å²) in [5, 5.41) is 12.8. The third-order valence-corrected chi connectivity index (χ3v) is 2.85. The molecule has 2 atom stereocenters. The number of nitrogens with two attached hydrogens (primary N) is 1. The van der Waals surface area contributed by atoms with E-state index in [9.17, 15) is 14.3 Å². The first-order chi connectivity index (χ1) is 9.02. The van der Waals surface area contributed by atoms with Gasteiger partial charge in [-0.15, -0.1) is 0 Å². The van der Waals surface area contributed by atoms with E-state index in [0.29, 0.717) is 31.4 Å². The van der Waals surface area contributed by atoms with Gasteiger partial charge in [0.2, 0.25) is 5.91 Å². The molecule has 0 bridgehead atoms. The molecule has 0 saturated carbocycles. The van der Waals surface area contributed by atoms with Crippen molar-refractivity contribution in [1.82, 2.24) is 5.32 Å². The lowest BCUT2D eigenvalue weighted by atomic mass is 10.0. The van der Waals surface area contributed by atoms with Crippen LogP contribution in [0.1, 0.15) is 37.9 Å². The van der Waals surface area contributed by atoms with Crippen molar-refractivity contribution in [1.29, 1.82) is 0 Å². The molecule has 4 N–H and O–H groups in total. The largest absolute Gasteiger partial charge is 0.388 e. The van der Waals surface area contributed by atoms with Gasteiger partial charge in [0, 0.05) is 12.5 Å². The minimum Gasteiger partial charge on any atom is -0.388 e. The maximum Gasteiger partial charge on any atom is 0.220 e. The Hall–Kier alpha value is -1.46. The summed E-state index contributed by atoms with van der Waals surface area (Å²) < 4.78 is 12.8. The van der Waals surface area contributed by atoms with E-state index in [1.165, 1.54) is 12.1 Å². The number of aliphatic hydroxyl groups is 1. The third kappa shape index (κ3) is 5.81. The Bertz CT molecular complexity index is 395. The molecule has 19 heavy (non-hydrogen) atoms. The van der Waals surface area contributed by atoms with Crippen LogP contribution in [0.15, 0.2) is 24.3 Å². The number of carbonyl (C=O) groups excluding carboxylic acids is 1. The fourth-order valence-corrected chi connectivity index (χ4v) is 1.82. The Morgan fingerprint density at radius 3 is 2.63 bits per heavy atom. The number of aliphatic hydroxyl groups excluding tert-OH is 1. The van der Waals surface area contributed by atoms with E-state index in [1.807, 2.05) is 6.92 Å². The second-order valence-corrected chi connectivity index (χ2v) is 4.66. The number of hydrogen-bond acceptors (Lipinski definition) is 3. The Labute approximate surface area is 112 Å². The van der Waals surface area contributed by atoms with E-state index in [-0.39, 0.29) is 17.8 Å². The summed E-state index contributed by atoms with van der Waals surface area (Å²) in [5.74, 6) is -0.400. The molecular formula is C14H21FN2O2. The van der Waals surface area contributed by atoms with Crippen LogP contribution >= 0.6 is 0 Å². The molecule has 1 amide bonds. The topological polar surface area (TPSA) is 75.3 Å². The van der Waals surface area contributed by atoms with E-state index in [0.717, 1.165) is 0 Å². The van der Waals surface area contributed by atoms with Crippen LogP contribution in [-0.2, 0) is 4.79 Å². The van der Waals surface area contributed by atoms with Crippen LogP contribution in [0.3, 0.4) is 0 Å². The van der Waals surface area contributed by atoms with Gasteiger partial charge in [0.05, 0.1) is 6.10 Å². The zero-order valence-electron chi connectivity index (χ0n) is 11.1. The Kier molecular flexibility index (Phi) is 6.45. The maximum absolute atomic E-state index is 12.8. The van der Waals surface area contributed by atoms with Gasteiger partial charge >= 0.3 is 0 Å². The van der Waals surface area contributed by atoms with Gasteiger partial charge in [-0.3, -0.25) is 4.79 Å². The number of nitrogens with one attached hydrogen (secondary N) is 1. The van der Waals surface area contributed by atoms with Crippen LogP contribution in [0.4, 0.5) is 4.39 Å². The zero-order valence-corrected chi connectivity index (χ0v) is 11.1. The lowest BCUT2D eigenvalue weighted by Gasteiger charge is -2.18. The molecule has 0 aliphatic rings. The van der Waals surface area contributed by atoms with Crippen molar-refractivity contribution in [3.8, 4) is 0 Å². The van der Waals surface area contributed by atoms with Crippen molar-refractivity contribution >= 4 is 5.91 Å². The first-order valence-corrected chi connectivity index (χ1v) is 6.46. The maximum atomic E-state index is 12.8. The van der Waals surface area contributed by atoms with Crippen LogP contribution < -0.4 is 11.1 Å². The molecule has 0 aromatic heterocycles. The SMILES string of the molecule is CC(CC(O)c1ccc(F)cc1)NC(=O)CCCN. The summed E-state index contributed by atoms with van der Waals surface area (Å²) in [7, 11) is 0. The summed E-state index contributed by atoms with van der Waals surface area (Å²) in [4.78, 5) is 11.5. The summed E-state index contributed by atoms with van der Waals surface area (Å²) in [6.45, 7) is 2.31. The number of hydrogen-bond donors (Lipinski definition) is 3. The standard InChI is InChI=1S/C14H21FN2O2/c1-10(17-14(19)3-2-8-16)9-13(18)11-4-6-12(15)7-5-11/h4-7,10,13,18H,2-3,8-9,16H2,1H3,(H,17,19). The lowest BCUT2D eigenvalue weighted by Crippen LogP contribution is -2.33. The molecule has 2 unspecified atom stereocenters. The van der Waals surface area contributed by atoms with Gasteiger partial charge in [0.1, 0.15) is 5.82 Å². The van der Waals surface area contributed by atoms with Crippen molar-refractivity contribution in [2.45, 2.75) is 38.3 Å². The molecular weight excluding hydrogens is 247 g/mol. The van der Waals surface area contributed by atoms with Gasteiger partial charge in [-0.1, -0.05) is 12.1 Å². The molecule has 0 heterocycles. The number of rotatable bonds is 7. The van der Waals surface area contributed by atoms with Crippen LogP contribution in [0.25, 0.3) is 0 Å². The smallest absolute Gasteiger partial charge is 0.220 e. The van der Waals surface area contributed by atoms with Crippen molar-refractivity contribution in [2.75, 3.05) is 6.54 Å². The number of carbonyl (C=O) groups is 1. The van der Waals surface area contributed by atoms with Gasteiger partial charge in [-0.05, 0) is 44.0 Å². The molecule has 5 heteroatoms. The van der Waals surface area contributed by atoms with E-state index in [2.05, 4.69) is 5.32 Å². The summed E-state index contributed by atoms with van der Waals surface area (Å²) in [5.41, 5.74) is 5.97. The fourth-order valence-electron chi connectivity index (χ4n) is 1.82. The molecule has 0 fully saturated rings. The van der Waals surface area contributed by atoms with Gasteiger partial charge < -0.3 is 16.2 Å². The van der Waals surface area contributed by atoms with Crippen LogP contribution in [0.2, 0.25) is 0 Å². The molecule has 106 valence electrons. The first kappa shape index (κ1) is 15.6. The van der Waals surface area contributed by atoms with Crippen LogP contribution in [0, 0.1) is 5.82 Å². The van der Waals surface area contributed by atoms with Gasteiger partial charge in [-0.2, -0.15) is 0 Å². The van der Waals surface area contributed by atoms with Crippen LogP contribution in [-0.4, -0.2) is 23.6 Å². The number of amides is 1. The van der Waals surface area contributed by atoms with E-state index < -0.39 is 6.10 Å². The van der Waals surface area contributed by atoms with Crippen molar-refractivity contribution < 1.29 is 14.3 Å². The molecule has 1 aromatic carbocycles. The van der Waals surface area contributed by atoms with Crippen molar-refractivity contribution in [2.24, 2.45) is 5.73 Å². The minimum atomic E-state index is -0.717. The second kappa shape index (κ2) is 7.86. The average Bonchev–Trinajstić information content (AvgIpc) is 2.36. The minimum absolute atomic E-state index is 0.0655. The summed E-state index contributed by atoms with van der Waals surface area (Å²) >= 11 is 0. The summed E-state index contributed by atoms with van der Waals surface area (Å²) in [6, 6.07) is 5.56. The van der Waals surface area contributed by atoms with E-state index in [4.69, 9.17) is 5.73 Å². The number of benzene rings is 1. The Morgan fingerprint density at radius 1 is 1.42 bits per heavy atom. The third-order valence-electron chi connectivity index (χ3n) is 2.85. The highest BCUT2D eigenvalue weighted by atomic mass is 19.1.